The average Bonchev–Trinajstić information content (AvgIpc) is 2.97. The van der Waals surface area contributed by atoms with Crippen LogP contribution in [-0.4, -0.2) is 22.5 Å². The maximum absolute atomic E-state index is 13.4. The van der Waals surface area contributed by atoms with E-state index >= 15 is 0 Å². The van der Waals surface area contributed by atoms with E-state index in [1.165, 1.54) is 18.5 Å². The second-order valence-electron chi connectivity index (χ2n) is 8.71. The summed E-state index contributed by atoms with van der Waals surface area (Å²) in [6.07, 6.45) is 1.36. The van der Waals surface area contributed by atoms with Crippen molar-refractivity contribution in [3.63, 3.8) is 0 Å². The van der Waals surface area contributed by atoms with E-state index in [4.69, 9.17) is 25.8 Å². The van der Waals surface area contributed by atoms with E-state index in [0.717, 1.165) is 0 Å². The molecular weight excluding hydrogens is 547 g/mol. The van der Waals surface area contributed by atoms with Gasteiger partial charge in [-0.2, -0.15) is 0 Å². The standard InChI is InChI=1S/C31H24ClFN4O4/c32-27-16-24(12-13-28(27)40-18-21-6-4-7-22(33)14-21)36-29-17-31(35-20-34-29)41-26-11-5-8-23(15-26)37-30(38)19-39-25-9-2-1-3-10-25/h1-17,20H,18-19H2,(H,37,38)(H,34,35,36). The van der Waals surface area contributed by atoms with E-state index in [2.05, 4.69) is 20.6 Å². The molecule has 41 heavy (non-hydrogen) atoms. The minimum absolute atomic E-state index is 0.125. The molecule has 0 radical (unpaired) electrons. The lowest BCUT2D eigenvalue weighted by molar-refractivity contribution is -0.118. The molecule has 5 rings (SSSR count). The van der Waals surface area contributed by atoms with Crippen molar-refractivity contribution in [3.05, 3.63) is 126 Å². The monoisotopic (exact) mass is 570 g/mol. The molecule has 0 aliphatic rings. The first kappa shape index (κ1) is 27.4. The highest BCUT2D eigenvalue weighted by Gasteiger charge is 2.09. The van der Waals surface area contributed by atoms with Gasteiger partial charge in [0, 0.05) is 23.5 Å². The van der Waals surface area contributed by atoms with Crippen LogP contribution in [0, 0.1) is 5.82 Å². The molecule has 0 unspecified atom stereocenters. The number of nitrogens with zero attached hydrogens (tertiary/aromatic N) is 2. The van der Waals surface area contributed by atoms with Crippen LogP contribution >= 0.6 is 11.6 Å². The number of rotatable bonds is 11. The molecule has 1 amide bonds. The smallest absolute Gasteiger partial charge is 0.262 e. The maximum Gasteiger partial charge on any atom is 0.262 e. The van der Waals surface area contributed by atoms with E-state index in [1.807, 2.05) is 18.2 Å². The van der Waals surface area contributed by atoms with E-state index in [9.17, 15) is 9.18 Å². The highest BCUT2D eigenvalue weighted by Crippen LogP contribution is 2.30. The van der Waals surface area contributed by atoms with Gasteiger partial charge < -0.3 is 24.8 Å². The lowest BCUT2D eigenvalue weighted by atomic mass is 10.2. The predicted molar refractivity (Wildman–Crippen MR) is 155 cm³/mol. The number of amides is 1. The summed E-state index contributed by atoms with van der Waals surface area (Å²) in [6.45, 7) is 0.0589. The number of halogens is 2. The first-order valence-electron chi connectivity index (χ1n) is 12.5. The van der Waals surface area contributed by atoms with Gasteiger partial charge in [-0.05, 0) is 60.2 Å². The van der Waals surface area contributed by atoms with Gasteiger partial charge in [0.25, 0.3) is 5.91 Å². The molecule has 0 fully saturated rings. The van der Waals surface area contributed by atoms with Crippen molar-refractivity contribution in [3.8, 4) is 23.1 Å². The Kier molecular flexibility index (Phi) is 8.88. The van der Waals surface area contributed by atoms with Gasteiger partial charge in [0.2, 0.25) is 5.88 Å². The van der Waals surface area contributed by atoms with E-state index in [-0.39, 0.29) is 24.9 Å². The fourth-order valence-corrected chi connectivity index (χ4v) is 3.95. The van der Waals surface area contributed by atoms with Crippen LogP contribution in [0.3, 0.4) is 0 Å². The maximum atomic E-state index is 13.4. The van der Waals surface area contributed by atoms with E-state index in [1.54, 1.807) is 72.8 Å². The topological polar surface area (TPSA) is 94.6 Å². The van der Waals surface area contributed by atoms with E-state index in [0.29, 0.717) is 50.9 Å². The Labute approximate surface area is 240 Å². The Hall–Kier alpha value is -5.15. The summed E-state index contributed by atoms with van der Waals surface area (Å²) in [5.74, 6) is 1.69. The fraction of sp³-hybridized carbons (Fsp3) is 0.0645. The molecule has 0 aliphatic carbocycles. The molecule has 0 saturated heterocycles. The Morgan fingerprint density at radius 1 is 0.805 bits per heavy atom. The lowest BCUT2D eigenvalue weighted by Gasteiger charge is -2.12. The number of carbonyl (C=O) groups is 1. The second kappa shape index (κ2) is 13.3. The van der Waals surface area contributed by atoms with Crippen LogP contribution in [0.25, 0.3) is 0 Å². The number of anilines is 3. The number of ether oxygens (including phenoxy) is 3. The van der Waals surface area contributed by atoms with Crippen LogP contribution in [0.1, 0.15) is 5.56 Å². The number of carbonyl (C=O) groups excluding carboxylic acids is 1. The van der Waals surface area contributed by atoms with Crippen molar-refractivity contribution in [1.82, 2.24) is 9.97 Å². The zero-order chi connectivity index (χ0) is 28.4. The molecule has 4 aromatic carbocycles. The molecule has 1 aromatic heterocycles. The molecule has 10 heteroatoms. The molecule has 2 N–H and O–H groups in total. The molecule has 0 saturated carbocycles. The summed E-state index contributed by atoms with van der Waals surface area (Å²) >= 11 is 6.40. The van der Waals surface area contributed by atoms with Crippen LogP contribution in [0.4, 0.5) is 21.6 Å². The van der Waals surface area contributed by atoms with Gasteiger partial charge in [-0.25, -0.2) is 14.4 Å². The highest BCUT2D eigenvalue weighted by atomic mass is 35.5. The summed E-state index contributed by atoms with van der Waals surface area (Å²) in [7, 11) is 0. The molecule has 8 nitrogen and oxygen atoms in total. The third-order valence-electron chi connectivity index (χ3n) is 5.58. The largest absolute Gasteiger partial charge is 0.487 e. The SMILES string of the molecule is O=C(COc1ccccc1)Nc1cccc(Oc2cc(Nc3ccc(OCc4cccc(F)c4)c(Cl)c3)ncn2)c1. The molecular formula is C31H24ClFN4O4. The number of hydrogen-bond donors (Lipinski definition) is 2. The predicted octanol–water partition coefficient (Wildman–Crippen LogP) is 7.40. The van der Waals surface area contributed by atoms with Crippen LogP contribution in [0.5, 0.6) is 23.1 Å². The molecule has 1 heterocycles. The summed E-state index contributed by atoms with van der Waals surface area (Å²) in [5, 5.41) is 6.32. The van der Waals surface area contributed by atoms with Crippen LogP contribution in [-0.2, 0) is 11.4 Å². The highest BCUT2D eigenvalue weighted by molar-refractivity contribution is 6.32. The van der Waals surface area contributed by atoms with Crippen molar-refractivity contribution in [2.45, 2.75) is 6.61 Å². The molecule has 5 aromatic rings. The first-order chi connectivity index (χ1) is 20.0. The fourth-order valence-electron chi connectivity index (χ4n) is 3.72. The van der Waals surface area contributed by atoms with Gasteiger partial charge in [-0.3, -0.25) is 4.79 Å². The minimum atomic E-state index is -0.325. The molecule has 0 aliphatic heterocycles. The summed E-state index contributed by atoms with van der Waals surface area (Å²) < 4.78 is 30.5. The Balaban J connectivity index is 1.16. The van der Waals surface area contributed by atoms with Crippen molar-refractivity contribution in [2.75, 3.05) is 17.2 Å². The Morgan fingerprint density at radius 3 is 2.46 bits per heavy atom. The number of hydrogen-bond acceptors (Lipinski definition) is 7. The zero-order valence-corrected chi connectivity index (χ0v) is 22.3. The van der Waals surface area contributed by atoms with Gasteiger partial charge >= 0.3 is 0 Å². The molecule has 0 bridgehead atoms. The normalized spacial score (nSPS) is 10.5. The quantitative estimate of drug-likeness (QED) is 0.171. The lowest BCUT2D eigenvalue weighted by Crippen LogP contribution is -2.20. The first-order valence-corrected chi connectivity index (χ1v) is 12.9. The van der Waals surface area contributed by atoms with Gasteiger partial charge in [0.05, 0.1) is 5.02 Å². The van der Waals surface area contributed by atoms with Crippen molar-refractivity contribution >= 4 is 34.7 Å². The summed E-state index contributed by atoms with van der Waals surface area (Å²) in [6, 6.07) is 29.0. The minimum Gasteiger partial charge on any atom is -0.487 e. The average molecular weight is 571 g/mol. The van der Waals surface area contributed by atoms with Crippen molar-refractivity contribution in [2.24, 2.45) is 0 Å². The Morgan fingerprint density at radius 2 is 1.63 bits per heavy atom. The van der Waals surface area contributed by atoms with Gasteiger partial charge in [-0.15, -0.1) is 0 Å². The van der Waals surface area contributed by atoms with E-state index < -0.39 is 0 Å². The summed E-state index contributed by atoms with van der Waals surface area (Å²) in [4.78, 5) is 20.7. The summed E-state index contributed by atoms with van der Waals surface area (Å²) in [5.41, 5.74) is 1.91. The third-order valence-corrected chi connectivity index (χ3v) is 5.88. The number of aromatic nitrogens is 2. The van der Waals surface area contributed by atoms with Gasteiger partial charge in [0.1, 0.15) is 41.8 Å². The van der Waals surface area contributed by atoms with Crippen LogP contribution in [0.2, 0.25) is 5.02 Å². The van der Waals surface area contributed by atoms with Gasteiger partial charge in [0.15, 0.2) is 6.61 Å². The number of nitrogens with one attached hydrogen (secondary N) is 2. The number of para-hydroxylation sites is 1. The van der Waals surface area contributed by atoms with Gasteiger partial charge in [-0.1, -0.05) is 48.0 Å². The number of benzene rings is 4. The van der Waals surface area contributed by atoms with Crippen molar-refractivity contribution in [1.29, 1.82) is 0 Å². The Bertz CT molecular complexity index is 1640. The molecule has 206 valence electrons. The second-order valence-corrected chi connectivity index (χ2v) is 9.12. The molecule has 0 atom stereocenters. The van der Waals surface area contributed by atoms with Crippen LogP contribution in [0.15, 0.2) is 109 Å². The zero-order valence-electron chi connectivity index (χ0n) is 21.6. The van der Waals surface area contributed by atoms with Crippen LogP contribution < -0.4 is 24.8 Å². The third kappa shape index (κ3) is 8.17. The van der Waals surface area contributed by atoms with Crippen molar-refractivity contribution < 1.29 is 23.4 Å². The molecule has 0 spiro atoms.